The lowest BCUT2D eigenvalue weighted by molar-refractivity contribution is 0.0238. The van der Waals surface area contributed by atoms with Gasteiger partial charge in [-0.3, -0.25) is 4.79 Å². The minimum atomic E-state index is -0.333. The van der Waals surface area contributed by atoms with E-state index in [0.29, 0.717) is 18.4 Å². The summed E-state index contributed by atoms with van der Waals surface area (Å²) in [6.45, 7) is 5.20. The fourth-order valence-corrected chi connectivity index (χ4v) is 3.92. The molecule has 1 saturated heterocycles. The fraction of sp³-hybridized carbons (Fsp3) is 0.500. The van der Waals surface area contributed by atoms with E-state index in [-0.39, 0.29) is 11.2 Å². The Balaban J connectivity index is 2.04. The molecule has 0 spiro atoms. The Bertz CT molecular complexity index is 638. The van der Waals surface area contributed by atoms with Gasteiger partial charge >= 0.3 is 0 Å². The number of halogens is 1. The van der Waals surface area contributed by atoms with Gasteiger partial charge in [-0.05, 0) is 25.8 Å². The van der Waals surface area contributed by atoms with Crippen LogP contribution in [0.3, 0.4) is 0 Å². The van der Waals surface area contributed by atoms with Crippen molar-refractivity contribution in [2.24, 2.45) is 5.41 Å². The van der Waals surface area contributed by atoms with E-state index in [1.165, 1.54) is 11.3 Å². The average molecular weight is 311 g/mol. The molecule has 6 heteroatoms. The normalized spacial score (nSPS) is 18.4. The Morgan fingerprint density at radius 3 is 2.75 bits per heavy atom. The van der Waals surface area contributed by atoms with Gasteiger partial charge in [-0.15, -0.1) is 16.4 Å². The van der Waals surface area contributed by atoms with Crippen LogP contribution in [-0.4, -0.2) is 29.2 Å². The van der Waals surface area contributed by atoms with E-state index in [1.54, 1.807) is 0 Å². The first-order valence-electron chi connectivity index (χ1n) is 6.56. The molecule has 2 aromatic rings. The topological polar surface area (TPSA) is 52.1 Å². The second kappa shape index (κ2) is 5.06. The molecule has 3 heterocycles. The van der Waals surface area contributed by atoms with Crippen LogP contribution in [-0.2, 0) is 4.74 Å². The molecule has 0 amide bonds. The summed E-state index contributed by atoms with van der Waals surface area (Å²) >= 11 is 7.53. The minimum absolute atomic E-state index is 0.178. The summed E-state index contributed by atoms with van der Waals surface area (Å²) < 4.78 is 6.31. The Morgan fingerprint density at radius 2 is 2.10 bits per heavy atom. The maximum Gasteiger partial charge on any atom is 0.178 e. The zero-order chi connectivity index (χ0) is 14.3. The van der Waals surface area contributed by atoms with Gasteiger partial charge in [-0.25, -0.2) is 0 Å². The summed E-state index contributed by atoms with van der Waals surface area (Å²) in [5, 5.41) is 9.09. The predicted molar refractivity (Wildman–Crippen MR) is 79.7 cm³/mol. The van der Waals surface area contributed by atoms with Crippen molar-refractivity contribution in [3.05, 3.63) is 21.8 Å². The average Bonchev–Trinajstić information content (AvgIpc) is 2.89. The first-order chi connectivity index (χ1) is 9.51. The molecule has 106 valence electrons. The number of nitrogens with zero attached hydrogens (tertiary/aromatic N) is 2. The third-order valence-electron chi connectivity index (χ3n) is 3.94. The Labute approximate surface area is 126 Å². The lowest BCUT2D eigenvalue weighted by atomic mass is 9.78. The Kier molecular flexibility index (Phi) is 3.52. The van der Waals surface area contributed by atoms with E-state index >= 15 is 0 Å². The van der Waals surface area contributed by atoms with Crippen LogP contribution in [0.1, 0.15) is 35.1 Å². The number of Topliss-reactive ketones (excluding diaryl/α,β-unsaturated/α-hetero) is 1. The third kappa shape index (κ3) is 2.24. The molecule has 2 aromatic heterocycles. The molecule has 0 atom stereocenters. The van der Waals surface area contributed by atoms with Gasteiger partial charge in [0.15, 0.2) is 10.9 Å². The van der Waals surface area contributed by atoms with E-state index < -0.39 is 0 Å². The maximum absolute atomic E-state index is 12.8. The zero-order valence-electron chi connectivity index (χ0n) is 11.4. The highest BCUT2D eigenvalue weighted by molar-refractivity contribution is 7.21. The number of thiophene rings is 1. The van der Waals surface area contributed by atoms with Gasteiger partial charge in [0.25, 0.3) is 0 Å². The smallest absolute Gasteiger partial charge is 0.178 e. The monoisotopic (exact) mass is 310 g/mol. The van der Waals surface area contributed by atoms with Crippen molar-refractivity contribution in [1.29, 1.82) is 0 Å². The molecular weight excluding hydrogens is 296 g/mol. The van der Waals surface area contributed by atoms with Gasteiger partial charge in [0.05, 0.1) is 15.3 Å². The number of hydrogen-bond acceptors (Lipinski definition) is 5. The highest BCUT2D eigenvalue weighted by atomic mass is 35.5. The molecule has 1 fully saturated rings. The Hall–Kier alpha value is -1.04. The number of ether oxygens (including phenoxy) is 1. The van der Waals surface area contributed by atoms with Crippen LogP contribution >= 0.6 is 22.9 Å². The number of rotatable bonds is 2. The van der Waals surface area contributed by atoms with Gasteiger partial charge < -0.3 is 4.74 Å². The molecule has 0 unspecified atom stereocenters. The second-order valence-corrected chi connectivity index (χ2v) is 6.84. The highest BCUT2D eigenvalue weighted by Gasteiger charge is 2.36. The molecule has 1 aliphatic heterocycles. The zero-order valence-corrected chi connectivity index (χ0v) is 13.0. The van der Waals surface area contributed by atoms with Crippen molar-refractivity contribution in [3.63, 3.8) is 0 Å². The van der Waals surface area contributed by atoms with Crippen molar-refractivity contribution in [3.8, 4) is 0 Å². The molecule has 0 aromatic carbocycles. The van der Waals surface area contributed by atoms with Crippen molar-refractivity contribution < 1.29 is 9.53 Å². The molecule has 3 rings (SSSR count). The van der Waals surface area contributed by atoms with E-state index in [1.807, 2.05) is 19.9 Å². The van der Waals surface area contributed by atoms with Crippen molar-refractivity contribution in [1.82, 2.24) is 10.2 Å². The summed E-state index contributed by atoms with van der Waals surface area (Å²) in [5.74, 6) is 0.178. The minimum Gasteiger partial charge on any atom is -0.381 e. The van der Waals surface area contributed by atoms with E-state index in [0.717, 1.165) is 33.5 Å². The molecule has 0 bridgehead atoms. The van der Waals surface area contributed by atoms with Gasteiger partial charge in [-0.2, -0.15) is 5.10 Å². The largest absolute Gasteiger partial charge is 0.381 e. The first-order valence-corrected chi connectivity index (χ1v) is 7.75. The second-order valence-electron chi connectivity index (χ2n) is 5.43. The SMILES string of the molecule is Cc1nnc(Cl)c2cc(C(=O)C3(C)CCOCC3)sc12. The van der Waals surface area contributed by atoms with E-state index in [2.05, 4.69) is 10.2 Å². The van der Waals surface area contributed by atoms with E-state index in [9.17, 15) is 4.79 Å². The molecule has 0 radical (unpaired) electrons. The number of carbonyl (C=O) groups is 1. The number of aromatic nitrogens is 2. The number of carbonyl (C=O) groups excluding carboxylic acids is 1. The molecule has 4 nitrogen and oxygen atoms in total. The third-order valence-corrected chi connectivity index (χ3v) is 5.46. The lowest BCUT2D eigenvalue weighted by Gasteiger charge is -2.31. The van der Waals surface area contributed by atoms with Crippen molar-refractivity contribution in [2.75, 3.05) is 13.2 Å². The number of fused-ring (bicyclic) bond motifs is 1. The van der Waals surface area contributed by atoms with Crippen LogP contribution in [0.5, 0.6) is 0 Å². The van der Waals surface area contributed by atoms with Crippen LogP contribution in [0.4, 0.5) is 0 Å². The quantitative estimate of drug-likeness (QED) is 0.794. The number of ketones is 1. The molecule has 0 N–H and O–H groups in total. The first kappa shape index (κ1) is 13.9. The van der Waals surface area contributed by atoms with Crippen LogP contribution in [0.2, 0.25) is 5.15 Å². The van der Waals surface area contributed by atoms with Crippen LogP contribution in [0.15, 0.2) is 6.07 Å². The van der Waals surface area contributed by atoms with Gasteiger partial charge in [0.2, 0.25) is 0 Å². The van der Waals surface area contributed by atoms with Crippen molar-refractivity contribution in [2.45, 2.75) is 26.7 Å². The van der Waals surface area contributed by atoms with Gasteiger partial charge in [0, 0.05) is 24.0 Å². The predicted octanol–water partition coefficient (Wildman–Crippen LogP) is 3.65. The lowest BCUT2D eigenvalue weighted by Crippen LogP contribution is -2.34. The van der Waals surface area contributed by atoms with Crippen LogP contribution in [0, 0.1) is 12.3 Å². The van der Waals surface area contributed by atoms with Gasteiger partial charge in [-0.1, -0.05) is 18.5 Å². The van der Waals surface area contributed by atoms with Crippen molar-refractivity contribution >= 4 is 38.8 Å². The molecule has 20 heavy (non-hydrogen) atoms. The number of hydrogen-bond donors (Lipinski definition) is 0. The van der Waals surface area contributed by atoms with Crippen LogP contribution < -0.4 is 0 Å². The van der Waals surface area contributed by atoms with Crippen LogP contribution in [0.25, 0.3) is 10.1 Å². The van der Waals surface area contributed by atoms with Gasteiger partial charge in [0.1, 0.15) is 0 Å². The van der Waals surface area contributed by atoms with E-state index in [4.69, 9.17) is 16.3 Å². The molecule has 1 aliphatic rings. The highest BCUT2D eigenvalue weighted by Crippen LogP contribution is 2.38. The number of aryl methyl sites for hydroxylation is 1. The molecular formula is C14H15ClN2O2S. The standard InChI is InChI=1S/C14H15ClN2O2S/c1-8-11-9(13(15)17-16-8)7-10(20-11)12(18)14(2)3-5-19-6-4-14/h7H,3-6H2,1-2H3. The molecule has 0 saturated carbocycles. The summed E-state index contributed by atoms with van der Waals surface area (Å²) in [5.41, 5.74) is 0.478. The summed E-state index contributed by atoms with van der Waals surface area (Å²) in [7, 11) is 0. The summed E-state index contributed by atoms with van der Waals surface area (Å²) in [4.78, 5) is 13.5. The summed E-state index contributed by atoms with van der Waals surface area (Å²) in [6, 6.07) is 1.85. The fourth-order valence-electron chi connectivity index (χ4n) is 2.49. The summed E-state index contributed by atoms with van der Waals surface area (Å²) in [6.07, 6.45) is 1.53. The Morgan fingerprint density at radius 1 is 1.40 bits per heavy atom. The molecule has 0 aliphatic carbocycles. The maximum atomic E-state index is 12.8.